The maximum Gasteiger partial charge on any atom is 0.357 e. The van der Waals surface area contributed by atoms with Gasteiger partial charge >= 0.3 is 5.97 Å². The van der Waals surface area contributed by atoms with Crippen LogP contribution in [0.25, 0.3) is 11.8 Å². The lowest BCUT2D eigenvalue weighted by Gasteiger charge is -2.15. The summed E-state index contributed by atoms with van der Waals surface area (Å²) in [7, 11) is 0. The maximum atomic E-state index is 12.5. The minimum atomic E-state index is -0.677. The number of nitrogens with one attached hydrogen (secondary N) is 1. The molecule has 138 valence electrons. The smallest absolute Gasteiger partial charge is 0.357 e. The lowest BCUT2D eigenvalue weighted by molar-refractivity contribution is -0.143. The Labute approximate surface area is 152 Å². The van der Waals surface area contributed by atoms with Gasteiger partial charge < -0.3 is 10.1 Å². The van der Waals surface area contributed by atoms with Gasteiger partial charge in [-0.1, -0.05) is 44.2 Å². The van der Waals surface area contributed by atoms with Gasteiger partial charge in [0, 0.05) is 6.04 Å². The Bertz CT molecular complexity index is 766. The number of nitrogens with zero attached hydrogens (tertiary/aromatic N) is 4. The fourth-order valence-electron chi connectivity index (χ4n) is 2.34. The van der Waals surface area contributed by atoms with Gasteiger partial charge in [-0.2, -0.15) is 4.68 Å². The van der Waals surface area contributed by atoms with Gasteiger partial charge in [0.05, 0.1) is 0 Å². The van der Waals surface area contributed by atoms with Crippen molar-refractivity contribution < 1.29 is 14.3 Å². The number of amides is 1. The summed E-state index contributed by atoms with van der Waals surface area (Å²) < 4.78 is 6.46. The highest BCUT2D eigenvalue weighted by Crippen LogP contribution is 2.13. The zero-order valence-corrected chi connectivity index (χ0v) is 15.2. The molecule has 0 aliphatic rings. The molecule has 0 saturated heterocycles. The van der Waals surface area contributed by atoms with Crippen LogP contribution in [0.1, 0.15) is 38.1 Å². The van der Waals surface area contributed by atoms with Gasteiger partial charge in [0.1, 0.15) is 0 Å². The molecule has 8 nitrogen and oxygen atoms in total. The summed E-state index contributed by atoms with van der Waals surface area (Å²) in [4.78, 5) is 24.5. The van der Waals surface area contributed by atoms with Crippen LogP contribution in [0.2, 0.25) is 0 Å². The third-order valence-corrected chi connectivity index (χ3v) is 3.85. The van der Waals surface area contributed by atoms with Gasteiger partial charge in [-0.05, 0) is 41.8 Å². The lowest BCUT2D eigenvalue weighted by atomic mass is 10.2. The minimum Gasteiger partial charge on any atom is -0.451 e. The van der Waals surface area contributed by atoms with E-state index in [1.165, 1.54) is 4.68 Å². The molecule has 0 spiro atoms. The third kappa shape index (κ3) is 5.23. The summed E-state index contributed by atoms with van der Waals surface area (Å²) in [6, 6.07) is 9.33. The van der Waals surface area contributed by atoms with Crippen molar-refractivity contribution in [1.29, 1.82) is 0 Å². The van der Waals surface area contributed by atoms with Crippen LogP contribution in [-0.2, 0) is 14.3 Å². The van der Waals surface area contributed by atoms with E-state index >= 15 is 0 Å². The lowest BCUT2D eigenvalue weighted by Crippen LogP contribution is -2.37. The number of aromatic nitrogens is 4. The molecule has 2 aromatic rings. The van der Waals surface area contributed by atoms with E-state index in [0.717, 1.165) is 18.4 Å². The molecular formula is C18H23N5O3. The molecule has 0 radical (unpaired) electrons. The molecule has 0 unspecified atom stereocenters. The van der Waals surface area contributed by atoms with Crippen molar-refractivity contribution in [2.45, 2.75) is 39.7 Å². The standard InChI is InChI=1S/C18H23N5O3/c1-4-15(5-2)19-17(24)12-26-18(25)16(23-13(3)20-21-22-23)11-14-9-7-6-8-10-14/h6-11,15H,4-5,12H2,1-3H3,(H,19,24)/b16-11-. The maximum absolute atomic E-state index is 12.5. The predicted molar refractivity (Wildman–Crippen MR) is 96.6 cm³/mol. The summed E-state index contributed by atoms with van der Waals surface area (Å²) in [6.07, 6.45) is 3.25. The summed E-state index contributed by atoms with van der Waals surface area (Å²) >= 11 is 0. The number of aryl methyl sites for hydroxylation is 1. The highest BCUT2D eigenvalue weighted by atomic mass is 16.5. The number of carbonyl (C=O) groups excluding carboxylic acids is 2. The third-order valence-electron chi connectivity index (χ3n) is 3.85. The molecule has 0 saturated carbocycles. The number of rotatable bonds is 8. The number of tetrazole rings is 1. The summed E-state index contributed by atoms with van der Waals surface area (Å²) in [5.74, 6) is -0.575. The number of benzene rings is 1. The predicted octanol–water partition coefficient (Wildman–Crippen LogP) is 1.83. The Hall–Kier alpha value is -3.03. The van der Waals surface area contributed by atoms with E-state index in [2.05, 4.69) is 20.8 Å². The van der Waals surface area contributed by atoms with Crippen LogP contribution in [0.4, 0.5) is 0 Å². The Morgan fingerprint density at radius 3 is 2.50 bits per heavy atom. The van der Waals surface area contributed by atoms with Crippen LogP contribution in [0.3, 0.4) is 0 Å². The van der Waals surface area contributed by atoms with Gasteiger partial charge in [-0.3, -0.25) is 4.79 Å². The largest absolute Gasteiger partial charge is 0.451 e. The molecule has 0 atom stereocenters. The van der Waals surface area contributed by atoms with E-state index in [4.69, 9.17) is 4.74 Å². The molecule has 2 rings (SSSR count). The normalized spacial score (nSPS) is 11.5. The monoisotopic (exact) mass is 357 g/mol. The summed E-state index contributed by atoms with van der Waals surface area (Å²) in [5, 5.41) is 14.0. The molecule has 0 fully saturated rings. The summed E-state index contributed by atoms with van der Waals surface area (Å²) in [5.41, 5.74) is 0.921. The number of hydrogen-bond acceptors (Lipinski definition) is 6. The van der Waals surface area contributed by atoms with Crippen LogP contribution in [-0.4, -0.2) is 44.7 Å². The van der Waals surface area contributed by atoms with E-state index in [9.17, 15) is 9.59 Å². The van der Waals surface area contributed by atoms with Crippen molar-refractivity contribution in [1.82, 2.24) is 25.5 Å². The second-order valence-corrected chi connectivity index (χ2v) is 5.74. The van der Waals surface area contributed by atoms with Crippen molar-refractivity contribution in [3.05, 3.63) is 41.7 Å². The van der Waals surface area contributed by atoms with Crippen LogP contribution in [0, 0.1) is 6.92 Å². The number of esters is 1. The van der Waals surface area contributed by atoms with E-state index < -0.39 is 5.97 Å². The van der Waals surface area contributed by atoms with Crippen molar-refractivity contribution in [3.63, 3.8) is 0 Å². The van der Waals surface area contributed by atoms with Gasteiger partial charge in [0.15, 0.2) is 18.1 Å². The second kappa shape index (κ2) is 9.45. The molecule has 0 aliphatic heterocycles. The average Bonchev–Trinajstić information content (AvgIpc) is 3.08. The molecule has 8 heteroatoms. The highest BCUT2D eigenvalue weighted by molar-refractivity contribution is 6.15. The van der Waals surface area contributed by atoms with Crippen LogP contribution < -0.4 is 5.32 Å². The van der Waals surface area contributed by atoms with E-state index in [1.807, 2.05) is 44.2 Å². The van der Waals surface area contributed by atoms with Crippen molar-refractivity contribution in [2.24, 2.45) is 0 Å². The molecule has 1 aromatic heterocycles. The molecule has 0 aliphatic carbocycles. The Morgan fingerprint density at radius 2 is 1.92 bits per heavy atom. The topological polar surface area (TPSA) is 99.0 Å². The van der Waals surface area contributed by atoms with Gasteiger partial charge in [0.2, 0.25) is 0 Å². The first-order valence-corrected chi connectivity index (χ1v) is 8.53. The average molecular weight is 357 g/mol. The number of ether oxygens (including phenoxy) is 1. The van der Waals surface area contributed by atoms with Crippen LogP contribution in [0.15, 0.2) is 30.3 Å². The fourth-order valence-corrected chi connectivity index (χ4v) is 2.34. The molecule has 26 heavy (non-hydrogen) atoms. The van der Waals surface area contributed by atoms with Crippen molar-refractivity contribution >= 4 is 23.6 Å². The SMILES string of the molecule is CCC(CC)NC(=O)COC(=O)/C(=C/c1ccccc1)n1nnnc1C. The molecule has 1 aromatic carbocycles. The van der Waals surface area contributed by atoms with Crippen LogP contribution in [0.5, 0.6) is 0 Å². The first-order valence-electron chi connectivity index (χ1n) is 8.53. The highest BCUT2D eigenvalue weighted by Gasteiger charge is 2.19. The van der Waals surface area contributed by atoms with E-state index in [0.29, 0.717) is 5.82 Å². The Balaban J connectivity index is 2.13. The van der Waals surface area contributed by atoms with Gasteiger partial charge in [-0.25, -0.2) is 4.79 Å². The quantitative estimate of drug-likeness (QED) is 0.571. The second-order valence-electron chi connectivity index (χ2n) is 5.74. The number of carbonyl (C=O) groups is 2. The zero-order chi connectivity index (χ0) is 18.9. The molecule has 0 bridgehead atoms. The van der Waals surface area contributed by atoms with Gasteiger partial charge in [-0.15, -0.1) is 5.10 Å². The van der Waals surface area contributed by atoms with Gasteiger partial charge in [0.25, 0.3) is 5.91 Å². The molecular weight excluding hydrogens is 334 g/mol. The Morgan fingerprint density at radius 1 is 1.23 bits per heavy atom. The first-order chi connectivity index (χ1) is 12.5. The summed E-state index contributed by atoms with van der Waals surface area (Å²) in [6.45, 7) is 5.29. The molecule has 1 N–H and O–H groups in total. The van der Waals surface area contributed by atoms with Crippen LogP contribution >= 0.6 is 0 Å². The van der Waals surface area contributed by atoms with E-state index in [1.54, 1.807) is 13.0 Å². The molecule has 1 amide bonds. The van der Waals surface area contributed by atoms with Crippen molar-refractivity contribution in [3.8, 4) is 0 Å². The fraction of sp³-hybridized carbons (Fsp3) is 0.389. The zero-order valence-electron chi connectivity index (χ0n) is 15.2. The molecule has 1 heterocycles. The van der Waals surface area contributed by atoms with Crippen molar-refractivity contribution in [2.75, 3.05) is 6.61 Å². The van der Waals surface area contributed by atoms with E-state index in [-0.39, 0.29) is 24.3 Å². The minimum absolute atomic E-state index is 0.0716. The first kappa shape index (κ1) is 19.3. The number of hydrogen-bond donors (Lipinski definition) is 1. The Kier molecular flexibility index (Phi) is 7.02.